The average Bonchev–Trinajstić information content (AvgIpc) is 2.25. The molecule has 0 aromatic heterocycles. The molecule has 0 atom stereocenters. The van der Waals surface area contributed by atoms with Gasteiger partial charge in [0.25, 0.3) is 0 Å². The molecule has 1 N–H and O–H groups in total. The molecule has 0 unspecified atom stereocenters. The first-order valence-electron chi connectivity index (χ1n) is 6.12. The van der Waals surface area contributed by atoms with Gasteiger partial charge in [-0.3, -0.25) is 4.79 Å². The molecule has 1 aromatic carbocycles. The Kier molecular flexibility index (Phi) is 5.01. The number of hydrogen-bond donors (Lipinski definition) is 1. The summed E-state index contributed by atoms with van der Waals surface area (Å²) in [6.45, 7) is 6.90. The topological polar surface area (TPSA) is 40.5 Å². The van der Waals surface area contributed by atoms with Gasteiger partial charge in [0.15, 0.2) is 0 Å². The summed E-state index contributed by atoms with van der Waals surface area (Å²) in [5.74, 6) is 0.328. The van der Waals surface area contributed by atoms with Gasteiger partial charge in [-0.1, -0.05) is 19.1 Å². The molecule has 0 aliphatic heterocycles. The standard InChI is InChI=1S/C14H21NO2/c1-4-8-15(11(2)3)14(17)10-12-6-5-7-13(16)9-12/h5-7,9,11,16H,4,8,10H2,1-3H3. The molecular weight excluding hydrogens is 214 g/mol. The van der Waals surface area contributed by atoms with Gasteiger partial charge in [0.05, 0.1) is 6.42 Å². The first-order chi connectivity index (χ1) is 8.04. The molecule has 0 aliphatic carbocycles. The van der Waals surface area contributed by atoms with E-state index < -0.39 is 0 Å². The van der Waals surface area contributed by atoms with Crippen molar-refractivity contribution in [3.63, 3.8) is 0 Å². The van der Waals surface area contributed by atoms with E-state index in [0.29, 0.717) is 6.42 Å². The van der Waals surface area contributed by atoms with Gasteiger partial charge in [-0.05, 0) is 38.0 Å². The van der Waals surface area contributed by atoms with Crippen LogP contribution in [-0.2, 0) is 11.2 Å². The number of hydrogen-bond acceptors (Lipinski definition) is 2. The van der Waals surface area contributed by atoms with Gasteiger partial charge in [-0.25, -0.2) is 0 Å². The third-order valence-corrected chi connectivity index (χ3v) is 2.67. The lowest BCUT2D eigenvalue weighted by Crippen LogP contribution is -2.38. The third kappa shape index (κ3) is 4.10. The molecule has 0 saturated carbocycles. The van der Waals surface area contributed by atoms with Crippen LogP contribution in [0.15, 0.2) is 24.3 Å². The van der Waals surface area contributed by atoms with E-state index in [1.54, 1.807) is 18.2 Å². The molecule has 94 valence electrons. The minimum absolute atomic E-state index is 0.118. The van der Waals surface area contributed by atoms with Crippen molar-refractivity contribution in [2.24, 2.45) is 0 Å². The number of carbonyl (C=O) groups is 1. The number of phenols is 1. The highest BCUT2D eigenvalue weighted by Gasteiger charge is 2.16. The van der Waals surface area contributed by atoms with Crippen LogP contribution >= 0.6 is 0 Å². The van der Waals surface area contributed by atoms with E-state index >= 15 is 0 Å². The van der Waals surface area contributed by atoms with Crippen LogP contribution in [0.3, 0.4) is 0 Å². The van der Waals surface area contributed by atoms with Gasteiger partial charge in [0, 0.05) is 12.6 Å². The average molecular weight is 235 g/mol. The van der Waals surface area contributed by atoms with Gasteiger partial charge < -0.3 is 10.0 Å². The Balaban J connectivity index is 2.69. The van der Waals surface area contributed by atoms with Crippen molar-refractivity contribution in [1.82, 2.24) is 4.90 Å². The summed E-state index contributed by atoms with van der Waals surface area (Å²) < 4.78 is 0. The summed E-state index contributed by atoms with van der Waals surface area (Å²) in [4.78, 5) is 14.0. The van der Waals surface area contributed by atoms with E-state index in [4.69, 9.17) is 0 Å². The van der Waals surface area contributed by atoms with Gasteiger partial charge >= 0.3 is 0 Å². The third-order valence-electron chi connectivity index (χ3n) is 2.67. The lowest BCUT2D eigenvalue weighted by Gasteiger charge is -2.26. The molecule has 1 aromatic rings. The van der Waals surface area contributed by atoms with Crippen LogP contribution < -0.4 is 0 Å². The fourth-order valence-corrected chi connectivity index (χ4v) is 1.85. The lowest BCUT2D eigenvalue weighted by molar-refractivity contribution is -0.132. The summed E-state index contributed by atoms with van der Waals surface area (Å²) in [5, 5.41) is 9.35. The largest absolute Gasteiger partial charge is 0.508 e. The second kappa shape index (κ2) is 6.28. The smallest absolute Gasteiger partial charge is 0.227 e. The van der Waals surface area contributed by atoms with Crippen LogP contribution in [0.1, 0.15) is 32.8 Å². The fraction of sp³-hybridized carbons (Fsp3) is 0.500. The van der Waals surface area contributed by atoms with Gasteiger partial charge in [0.2, 0.25) is 5.91 Å². The first-order valence-corrected chi connectivity index (χ1v) is 6.12. The molecule has 1 rings (SSSR count). The van der Waals surface area contributed by atoms with Gasteiger partial charge in [0.1, 0.15) is 5.75 Å². The van der Waals surface area contributed by atoms with Crippen molar-refractivity contribution in [2.75, 3.05) is 6.54 Å². The molecule has 3 nitrogen and oxygen atoms in total. The summed E-state index contributed by atoms with van der Waals surface area (Å²) in [6.07, 6.45) is 1.32. The molecule has 17 heavy (non-hydrogen) atoms. The Morgan fingerprint density at radius 2 is 2.12 bits per heavy atom. The quantitative estimate of drug-likeness (QED) is 0.852. The number of phenolic OH excluding ortho intramolecular Hbond substituents is 1. The van der Waals surface area contributed by atoms with Crippen LogP contribution in [0.2, 0.25) is 0 Å². The highest BCUT2D eigenvalue weighted by Crippen LogP contribution is 2.13. The number of carbonyl (C=O) groups excluding carboxylic acids is 1. The van der Waals surface area contributed by atoms with E-state index in [1.807, 2.05) is 24.8 Å². The maximum absolute atomic E-state index is 12.1. The second-order valence-corrected chi connectivity index (χ2v) is 4.53. The number of benzene rings is 1. The van der Waals surface area contributed by atoms with Crippen LogP contribution in [0, 0.1) is 0 Å². The Hall–Kier alpha value is -1.51. The highest BCUT2D eigenvalue weighted by atomic mass is 16.3. The molecule has 0 bridgehead atoms. The summed E-state index contributed by atoms with van der Waals surface area (Å²) in [6, 6.07) is 7.10. The van der Waals surface area contributed by atoms with Crippen LogP contribution in [0.4, 0.5) is 0 Å². The van der Waals surface area contributed by atoms with Crippen molar-refractivity contribution < 1.29 is 9.90 Å². The van der Waals surface area contributed by atoms with Crippen molar-refractivity contribution in [3.05, 3.63) is 29.8 Å². The predicted octanol–water partition coefficient (Wildman–Crippen LogP) is 2.58. The molecule has 0 spiro atoms. The van der Waals surface area contributed by atoms with Crippen molar-refractivity contribution in [1.29, 1.82) is 0 Å². The van der Waals surface area contributed by atoms with Gasteiger partial charge in [-0.2, -0.15) is 0 Å². The molecular formula is C14H21NO2. The Morgan fingerprint density at radius 1 is 1.41 bits per heavy atom. The molecule has 0 heterocycles. The maximum Gasteiger partial charge on any atom is 0.227 e. The van der Waals surface area contributed by atoms with E-state index in [2.05, 4.69) is 6.92 Å². The minimum Gasteiger partial charge on any atom is -0.508 e. The SMILES string of the molecule is CCCN(C(=O)Cc1cccc(O)c1)C(C)C. The summed E-state index contributed by atoms with van der Waals surface area (Å²) >= 11 is 0. The van der Waals surface area contributed by atoms with Crippen LogP contribution in [0.5, 0.6) is 5.75 Å². The fourth-order valence-electron chi connectivity index (χ4n) is 1.85. The normalized spacial score (nSPS) is 10.6. The number of rotatable bonds is 5. The molecule has 0 saturated heterocycles. The number of amides is 1. The van der Waals surface area contributed by atoms with Crippen molar-refractivity contribution >= 4 is 5.91 Å². The molecule has 0 radical (unpaired) electrons. The van der Waals surface area contributed by atoms with E-state index in [-0.39, 0.29) is 17.7 Å². The van der Waals surface area contributed by atoms with Gasteiger partial charge in [-0.15, -0.1) is 0 Å². The molecule has 0 aliphatic rings. The van der Waals surface area contributed by atoms with Crippen molar-refractivity contribution in [2.45, 2.75) is 39.7 Å². The second-order valence-electron chi connectivity index (χ2n) is 4.53. The lowest BCUT2D eigenvalue weighted by atomic mass is 10.1. The Labute approximate surface area is 103 Å². The van der Waals surface area contributed by atoms with E-state index in [0.717, 1.165) is 18.5 Å². The Morgan fingerprint density at radius 3 is 2.65 bits per heavy atom. The Bertz CT molecular complexity index is 374. The first kappa shape index (κ1) is 13.6. The maximum atomic E-state index is 12.1. The summed E-state index contributed by atoms with van der Waals surface area (Å²) in [5.41, 5.74) is 0.858. The molecule has 1 amide bonds. The number of aromatic hydroxyl groups is 1. The predicted molar refractivity (Wildman–Crippen MR) is 69.0 cm³/mol. The van der Waals surface area contributed by atoms with E-state index in [9.17, 15) is 9.90 Å². The highest BCUT2D eigenvalue weighted by molar-refractivity contribution is 5.79. The summed E-state index contributed by atoms with van der Waals surface area (Å²) in [7, 11) is 0. The zero-order chi connectivity index (χ0) is 12.8. The minimum atomic E-state index is 0.118. The van der Waals surface area contributed by atoms with Crippen LogP contribution in [0.25, 0.3) is 0 Å². The monoisotopic (exact) mass is 235 g/mol. The molecule has 0 fully saturated rings. The number of nitrogens with zero attached hydrogens (tertiary/aromatic N) is 1. The zero-order valence-electron chi connectivity index (χ0n) is 10.8. The van der Waals surface area contributed by atoms with Crippen molar-refractivity contribution in [3.8, 4) is 5.75 Å². The van der Waals surface area contributed by atoms with Crippen LogP contribution in [-0.4, -0.2) is 28.5 Å². The molecule has 3 heteroatoms. The zero-order valence-corrected chi connectivity index (χ0v) is 10.8. The van der Waals surface area contributed by atoms with E-state index in [1.165, 1.54) is 0 Å².